The van der Waals surface area contributed by atoms with Crippen LogP contribution in [0.15, 0.2) is 47.1 Å². The average molecular weight is 335 g/mol. The summed E-state index contributed by atoms with van der Waals surface area (Å²) in [6, 6.07) is 12.0. The van der Waals surface area contributed by atoms with Crippen LogP contribution in [0.5, 0.6) is 0 Å². The van der Waals surface area contributed by atoms with Crippen molar-refractivity contribution in [2.24, 2.45) is 0 Å². The summed E-state index contributed by atoms with van der Waals surface area (Å²) in [6.45, 7) is 2.67. The van der Waals surface area contributed by atoms with E-state index in [1.165, 1.54) is 0 Å². The molecule has 4 heteroatoms. The number of pyridine rings is 1. The number of hydrogen-bond acceptors (Lipinski definition) is 3. The van der Waals surface area contributed by atoms with E-state index in [4.69, 9.17) is 0 Å². The van der Waals surface area contributed by atoms with E-state index in [9.17, 15) is 5.11 Å². The van der Waals surface area contributed by atoms with Crippen molar-refractivity contribution < 1.29 is 5.11 Å². The molecule has 106 valence electrons. The lowest BCUT2D eigenvalue weighted by Gasteiger charge is -2.20. The van der Waals surface area contributed by atoms with Crippen LogP contribution in [0.25, 0.3) is 0 Å². The highest BCUT2D eigenvalue weighted by Gasteiger charge is 2.09. The van der Waals surface area contributed by atoms with Gasteiger partial charge in [0, 0.05) is 42.1 Å². The van der Waals surface area contributed by atoms with Crippen molar-refractivity contribution in [3.8, 4) is 0 Å². The molecule has 1 aromatic carbocycles. The Morgan fingerprint density at radius 3 is 2.70 bits per heavy atom. The van der Waals surface area contributed by atoms with Gasteiger partial charge in [0.2, 0.25) is 0 Å². The van der Waals surface area contributed by atoms with Gasteiger partial charge >= 0.3 is 0 Å². The van der Waals surface area contributed by atoms with E-state index in [0.29, 0.717) is 0 Å². The largest absolute Gasteiger partial charge is 0.389 e. The maximum absolute atomic E-state index is 9.63. The molecule has 1 atom stereocenters. The van der Waals surface area contributed by atoms with Crippen LogP contribution in [-0.2, 0) is 6.42 Å². The molecule has 0 aliphatic heterocycles. The molecule has 0 bridgehead atoms. The van der Waals surface area contributed by atoms with Gasteiger partial charge in [0.15, 0.2) is 0 Å². The summed E-state index contributed by atoms with van der Waals surface area (Å²) in [5.41, 5.74) is 3.13. The Morgan fingerprint density at radius 2 is 2.10 bits per heavy atom. The molecule has 0 aliphatic carbocycles. The fraction of sp³-hybridized carbons (Fsp3) is 0.312. The number of likely N-dealkylation sites (N-methyl/N-ethyl adjacent to an activating group) is 1. The second-order valence-corrected chi connectivity index (χ2v) is 5.73. The maximum atomic E-state index is 9.63. The molecule has 3 nitrogen and oxygen atoms in total. The van der Waals surface area contributed by atoms with E-state index in [2.05, 4.69) is 32.9 Å². The zero-order valence-corrected chi connectivity index (χ0v) is 13.3. The van der Waals surface area contributed by atoms with Crippen molar-refractivity contribution in [2.75, 3.05) is 18.5 Å². The van der Waals surface area contributed by atoms with Gasteiger partial charge in [0.05, 0.1) is 6.10 Å². The molecule has 0 amide bonds. The molecule has 1 heterocycles. The zero-order chi connectivity index (χ0) is 14.5. The van der Waals surface area contributed by atoms with Crippen LogP contribution in [0.2, 0.25) is 0 Å². The lowest BCUT2D eigenvalue weighted by atomic mass is 10.1. The normalized spacial score (nSPS) is 12.2. The molecule has 0 unspecified atom stereocenters. The molecule has 0 saturated carbocycles. The van der Waals surface area contributed by atoms with E-state index in [1.807, 2.05) is 42.6 Å². The van der Waals surface area contributed by atoms with E-state index in [1.54, 1.807) is 6.92 Å². The number of aliphatic hydroxyl groups excluding tert-OH is 1. The first-order valence-electron chi connectivity index (χ1n) is 6.66. The molecule has 1 aromatic heterocycles. The van der Waals surface area contributed by atoms with Crippen LogP contribution in [0.4, 0.5) is 5.69 Å². The molecule has 0 fully saturated rings. The van der Waals surface area contributed by atoms with Crippen molar-refractivity contribution in [3.05, 3.63) is 58.3 Å². The number of nitrogens with zero attached hydrogens (tertiary/aromatic N) is 2. The topological polar surface area (TPSA) is 36.4 Å². The highest BCUT2D eigenvalue weighted by Crippen LogP contribution is 2.27. The Labute approximate surface area is 128 Å². The summed E-state index contributed by atoms with van der Waals surface area (Å²) >= 11 is 3.51. The molecule has 0 saturated heterocycles. The predicted molar refractivity (Wildman–Crippen MR) is 86.0 cm³/mol. The first-order chi connectivity index (χ1) is 9.58. The standard InChI is InChI=1S/C16H19BrN2O/c1-12(20)15-7-6-14(11-16(15)17)19(2)10-8-13-5-3-4-9-18-13/h3-7,9,11-12,20H,8,10H2,1-2H3/t12-/m1/s1. The minimum absolute atomic E-state index is 0.461. The first kappa shape index (κ1) is 15.0. The molecule has 0 radical (unpaired) electrons. The third-order valence-corrected chi connectivity index (χ3v) is 3.99. The molecule has 2 rings (SSSR count). The molecular weight excluding hydrogens is 316 g/mol. The molecular formula is C16H19BrN2O. The second-order valence-electron chi connectivity index (χ2n) is 4.87. The van der Waals surface area contributed by atoms with E-state index >= 15 is 0 Å². The fourth-order valence-corrected chi connectivity index (χ4v) is 2.75. The molecule has 0 aliphatic rings. The molecule has 1 N–H and O–H groups in total. The smallest absolute Gasteiger partial charge is 0.0772 e. The van der Waals surface area contributed by atoms with E-state index in [-0.39, 0.29) is 0 Å². The zero-order valence-electron chi connectivity index (χ0n) is 11.8. The van der Waals surface area contributed by atoms with Gasteiger partial charge < -0.3 is 10.0 Å². The monoisotopic (exact) mass is 334 g/mol. The third kappa shape index (κ3) is 3.81. The van der Waals surface area contributed by atoms with Crippen LogP contribution in [-0.4, -0.2) is 23.7 Å². The van der Waals surface area contributed by atoms with Crippen molar-refractivity contribution in [1.29, 1.82) is 0 Å². The Bertz CT molecular complexity index is 558. The van der Waals surface area contributed by atoms with Crippen molar-refractivity contribution in [1.82, 2.24) is 4.98 Å². The molecule has 0 spiro atoms. The fourth-order valence-electron chi connectivity index (χ4n) is 2.05. The third-order valence-electron chi connectivity index (χ3n) is 3.30. The predicted octanol–water partition coefficient (Wildman–Crippen LogP) is 3.58. The lowest BCUT2D eigenvalue weighted by molar-refractivity contribution is 0.198. The number of aliphatic hydroxyl groups is 1. The highest BCUT2D eigenvalue weighted by molar-refractivity contribution is 9.10. The summed E-state index contributed by atoms with van der Waals surface area (Å²) in [6.07, 6.45) is 2.27. The van der Waals surface area contributed by atoms with Gasteiger partial charge in [-0.15, -0.1) is 0 Å². The van der Waals surface area contributed by atoms with Gasteiger partial charge in [-0.25, -0.2) is 0 Å². The Balaban J connectivity index is 2.02. The van der Waals surface area contributed by atoms with Crippen molar-refractivity contribution in [2.45, 2.75) is 19.4 Å². The number of hydrogen-bond donors (Lipinski definition) is 1. The Hall–Kier alpha value is -1.39. The van der Waals surface area contributed by atoms with E-state index in [0.717, 1.165) is 34.4 Å². The first-order valence-corrected chi connectivity index (χ1v) is 7.46. The molecule has 20 heavy (non-hydrogen) atoms. The Kier molecular flexibility index (Phi) is 5.15. The van der Waals surface area contributed by atoms with Gasteiger partial charge in [-0.2, -0.15) is 0 Å². The SMILES string of the molecule is C[C@@H](O)c1ccc(N(C)CCc2ccccn2)cc1Br. The number of rotatable bonds is 5. The van der Waals surface area contributed by atoms with Gasteiger partial charge in [-0.05, 0) is 36.8 Å². The minimum Gasteiger partial charge on any atom is -0.389 e. The second kappa shape index (κ2) is 6.86. The summed E-state index contributed by atoms with van der Waals surface area (Å²) in [4.78, 5) is 6.52. The number of halogens is 1. The quantitative estimate of drug-likeness (QED) is 0.907. The van der Waals surface area contributed by atoms with Gasteiger partial charge in [-0.3, -0.25) is 4.98 Å². The highest BCUT2D eigenvalue weighted by atomic mass is 79.9. The number of benzene rings is 1. The van der Waals surface area contributed by atoms with Crippen LogP contribution in [0.1, 0.15) is 24.3 Å². The van der Waals surface area contributed by atoms with Crippen LogP contribution in [0, 0.1) is 0 Å². The van der Waals surface area contributed by atoms with Crippen molar-refractivity contribution in [3.63, 3.8) is 0 Å². The maximum Gasteiger partial charge on any atom is 0.0772 e. The number of aromatic nitrogens is 1. The van der Waals surface area contributed by atoms with Gasteiger partial charge in [-0.1, -0.05) is 28.1 Å². The van der Waals surface area contributed by atoms with Crippen LogP contribution >= 0.6 is 15.9 Å². The van der Waals surface area contributed by atoms with Gasteiger partial charge in [0.25, 0.3) is 0 Å². The van der Waals surface area contributed by atoms with Crippen LogP contribution < -0.4 is 4.90 Å². The molecule has 2 aromatic rings. The number of anilines is 1. The summed E-state index contributed by atoms with van der Waals surface area (Å²) < 4.78 is 0.940. The van der Waals surface area contributed by atoms with E-state index < -0.39 is 6.10 Å². The van der Waals surface area contributed by atoms with Gasteiger partial charge in [0.1, 0.15) is 0 Å². The Morgan fingerprint density at radius 1 is 1.30 bits per heavy atom. The summed E-state index contributed by atoms with van der Waals surface area (Å²) in [7, 11) is 2.06. The summed E-state index contributed by atoms with van der Waals surface area (Å²) in [5, 5.41) is 9.63. The minimum atomic E-state index is -0.461. The van der Waals surface area contributed by atoms with Crippen LogP contribution in [0.3, 0.4) is 0 Å². The lowest BCUT2D eigenvalue weighted by Crippen LogP contribution is -2.20. The van der Waals surface area contributed by atoms with Crippen molar-refractivity contribution >= 4 is 21.6 Å². The average Bonchev–Trinajstić information content (AvgIpc) is 2.45. The summed E-state index contributed by atoms with van der Waals surface area (Å²) in [5.74, 6) is 0.